The van der Waals surface area contributed by atoms with Crippen LogP contribution >= 0.6 is 11.6 Å². The number of hydrogen-bond donors (Lipinski definition) is 3. The molecule has 1 aliphatic rings. The number of ether oxygens (including phenoxy) is 1. The minimum absolute atomic E-state index is 0.116. The lowest BCUT2D eigenvalue weighted by Crippen LogP contribution is -2.27. The molecule has 0 fully saturated rings. The van der Waals surface area contributed by atoms with E-state index in [0.717, 1.165) is 5.56 Å². The van der Waals surface area contributed by atoms with E-state index in [0.29, 0.717) is 45.3 Å². The van der Waals surface area contributed by atoms with Gasteiger partial charge in [0.25, 0.3) is 0 Å². The Kier molecular flexibility index (Phi) is 8.64. The molecule has 1 atom stereocenters. The number of fused-ring (bicyclic) bond motifs is 4. The lowest BCUT2D eigenvalue weighted by molar-refractivity contribution is -0.117. The fourth-order valence-electron chi connectivity index (χ4n) is 4.35. The zero-order valence-corrected chi connectivity index (χ0v) is 23.1. The Morgan fingerprint density at radius 1 is 1.14 bits per heavy atom. The number of carbonyl (C=O) groups excluding carboxylic acids is 3. The number of anilines is 2. The summed E-state index contributed by atoms with van der Waals surface area (Å²) >= 11 is 6.19. The number of methoxy groups -OCH3 is 1. The molecule has 0 saturated carbocycles. The van der Waals surface area contributed by atoms with Gasteiger partial charge in [-0.05, 0) is 71.0 Å². The maximum absolute atomic E-state index is 13.1. The van der Waals surface area contributed by atoms with Gasteiger partial charge in [-0.2, -0.15) is 4.68 Å². The third kappa shape index (κ3) is 6.85. The number of hydrogen-bond acceptors (Lipinski definition) is 8. The molecule has 5 rings (SSSR count). The van der Waals surface area contributed by atoms with E-state index < -0.39 is 12.1 Å². The Balaban J connectivity index is 1.43. The van der Waals surface area contributed by atoms with Crippen LogP contribution < -0.4 is 16.0 Å². The van der Waals surface area contributed by atoms with Crippen molar-refractivity contribution in [3.05, 3.63) is 95.6 Å². The number of nitrogens with zero attached hydrogens (tertiary/aromatic N) is 5. The number of tetrazole rings is 1. The fourth-order valence-corrected chi connectivity index (χ4v) is 4.54. The monoisotopic (exact) mass is 584 g/mol. The minimum Gasteiger partial charge on any atom is -0.453 e. The van der Waals surface area contributed by atoms with Crippen LogP contribution in [0.2, 0.25) is 5.02 Å². The van der Waals surface area contributed by atoms with Gasteiger partial charge in [0.15, 0.2) is 0 Å². The summed E-state index contributed by atoms with van der Waals surface area (Å²) in [6.07, 6.45) is 9.59. The lowest BCUT2D eigenvalue weighted by Gasteiger charge is -2.19. The minimum atomic E-state index is -0.627. The highest BCUT2D eigenvalue weighted by atomic mass is 35.5. The number of nitrogens with one attached hydrogen (secondary N) is 3. The third-order valence-electron chi connectivity index (χ3n) is 6.33. The van der Waals surface area contributed by atoms with E-state index in [1.165, 1.54) is 24.2 Å². The van der Waals surface area contributed by atoms with Crippen LogP contribution in [0.15, 0.2) is 79.3 Å². The molecule has 4 aromatic rings. The van der Waals surface area contributed by atoms with Crippen LogP contribution in [-0.4, -0.2) is 50.2 Å². The van der Waals surface area contributed by atoms with Crippen LogP contribution in [0.1, 0.15) is 30.1 Å². The standard InChI is InChI=1S/C29H25ClN8O4/c1-42-29(41)33-21-8-9-22-18-12-13-31-25(15-18)23(4-2-3-5-27(39)35-24(22)16-21)34-28(40)11-6-19-14-20(30)7-10-26(19)38-17-32-36-37-38/h2-3,6-17,23H,4-5H2,1H3,(H,33,41)(H,34,40)(H,35,39)/t23-/m0/s1. The maximum atomic E-state index is 13.1. The second-order valence-corrected chi connectivity index (χ2v) is 9.59. The number of pyridine rings is 1. The van der Waals surface area contributed by atoms with Gasteiger partial charge in [-0.1, -0.05) is 29.8 Å². The van der Waals surface area contributed by atoms with Gasteiger partial charge in [0.1, 0.15) is 6.33 Å². The van der Waals surface area contributed by atoms with E-state index in [-0.39, 0.29) is 18.2 Å². The van der Waals surface area contributed by atoms with Crippen molar-refractivity contribution in [3.8, 4) is 16.8 Å². The van der Waals surface area contributed by atoms with Gasteiger partial charge < -0.3 is 15.4 Å². The van der Waals surface area contributed by atoms with Crippen LogP contribution in [-0.2, 0) is 14.3 Å². The van der Waals surface area contributed by atoms with Gasteiger partial charge in [0.05, 0.1) is 30.2 Å². The average Bonchev–Trinajstić information content (AvgIpc) is 3.52. The Bertz CT molecular complexity index is 1690. The number of amides is 3. The third-order valence-corrected chi connectivity index (χ3v) is 6.57. The van der Waals surface area contributed by atoms with Crippen molar-refractivity contribution in [1.82, 2.24) is 30.5 Å². The molecule has 3 amide bonds. The second-order valence-electron chi connectivity index (χ2n) is 9.16. The zero-order valence-electron chi connectivity index (χ0n) is 22.3. The highest BCUT2D eigenvalue weighted by molar-refractivity contribution is 6.30. The second kappa shape index (κ2) is 12.9. The van der Waals surface area contributed by atoms with Crippen LogP contribution in [0.5, 0.6) is 0 Å². The first-order chi connectivity index (χ1) is 20.4. The van der Waals surface area contributed by atoms with Crippen molar-refractivity contribution in [2.24, 2.45) is 0 Å². The number of carbonyl (C=O) groups is 3. The largest absolute Gasteiger partial charge is 0.453 e. The molecule has 12 nitrogen and oxygen atoms in total. The summed E-state index contributed by atoms with van der Waals surface area (Å²) in [5.74, 6) is -0.590. The summed E-state index contributed by atoms with van der Waals surface area (Å²) in [7, 11) is 1.27. The summed E-state index contributed by atoms with van der Waals surface area (Å²) in [4.78, 5) is 42.0. The first kappa shape index (κ1) is 28.2. The van der Waals surface area contributed by atoms with E-state index in [1.54, 1.807) is 54.7 Å². The number of aromatic nitrogens is 5. The Morgan fingerprint density at radius 3 is 2.83 bits per heavy atom. The average molecular weight is 585 g/mol. The summed E-state index contributed by atoms with van der Waals surface area (Å²) in [5.41, 5.74) is 4.37. The van der Waals surface area contributed by atoms with Gasteiger partial charge >= 0.3 is 6.09 Å². The van der Waals surface area contributed by atoms with Crippen molar-refractivity contribution < 1.29 is 19.1 Å². The van der Waals surface area contributed by atoms with Crippen LogP contribution in [0, 0.1) is 0 Å². The van der Waals surface area contributed by atoms with Crippen LogP contribution in [0.25, 0.3) is 22.9 Å². The predicted octanol–water partition coefficient (Wildman–Crippen LogP) is 4.72. The maximum Gasteiger partial charge on any atom is 0.411 e. The Hall–Kier alpha value is -5.36. The van der Waals surface area contributed by atoms with Gasteiger partial charge in [-0.25, -0.2) is 4.79 Å². The number of rotatable bonds is 5. The molecule has 0 saturated heterocycles. The molecule has 0 aliphatic carbocycles. The number of halogens is 1. The first-order valence-electron chi connectivity index (χ1n) is 12.8. The van der Waals surface area contributed by atoms with Crippen LogP contribution in [0.3, 0.4) is 0 Å². The van der Waals surface area contributed by atoms with Gasteiger partial charge in [-0.3, -0.25) is 19.9 Å². The van der Waals surface area contributed by atoms with Crippen molar-refractivity contribution in [2.45, 2.75) is 18.9 Å². The summed E-state index contributed by atoms with van der Waals surface area (Å²) in [6, 6.07) is 13.5. The fraction of sp³-hybridized carbons (Fsp3) is 0.138. The smallest absolute Gasteiger partial charge is 0.411 e. The van der Waals surface area contributed by atoms with E-state index in [2.05, 4.69) is 41.2 Å². The van der Waals surface area contributed by atoms with E-state index in [4.69, 9.17) is 11.6 Å². The quantitative estimate of drug-likeness (QED) is 0.225. The van der Waals surface area contributed by atoms with E-state index >= 15 is 0 Å². The molecule has 3 heterocycles. The van der Waals surface area contributed by atoms with Gasteiger partial charge in [-0.15, -0.1) is 5.10 Å². The molecule has 1 aliphatic heterocycles. The molecule has 212 valence electrons. The molecular formula is C29H25ClN8O4. The summed E-state index contributed by atoms with van der Waals surface area (Å²) in [6.45, 7) is 0. The highest BCUT2D eigenvalue weighted by Crippen LogP contribution is 2.33. The zero-order chi connectivity index (χ0) is 29.5. The first-order valence-corrected chi connectivity index (χ1v) is 13.2. The molecule has 3 N–H and O–H groups in total. The van der Waals surface area contributed by atoms with Crippen molar-refractivity contribution >= 4 is 47.0 Å². The molecule has 2 aromatic carbocycles. The van der Waals surface area contributed by atoms with Crippen molar-refractivity contribution in [2.75, 3.05) is 17.7 Å². The normalized spacial score (nSPS) is 14.7. The van der Waals surface area contributed by atoms with Crippen LogP contribution in [0.4, 0.5) is 16.2 Å². The summed E-state index contributed by atoms with van der Waals surface area (Å²) in [5, 5.41) is 20.3. The molecule has 0 unspecified atom stereocenters. The van der Waals surface area contributed by atoms with Gasteiger partial charge in [0.2, 0.25) is 11.8 Å². The molecule has 2 bridgehead atoms. The van der Waals surface area contributed by atoms with E-state index in [1.807, 2.05) is 18.2 Å². The van der Waals surface area contributed by atoms with E-state index in [9.17, 15) is 14.4 Å². The Morgan fingerprint density at radius 2 is 2.02 bits per heavy atom. The number of benzene rings is 2. The molecule has 2 aromatic heterocycles. The topological polar surface area (TPSA) is 153 Å². The molecule has 0 spiro atoms. The molecule has 42 heavy (non-hydrogen) atoms. The Labute approximate surface area is 245 Å². The predicted molar refractivity (Wildman–Crippen MR) is 157 cm³/mol. The molecular weight excluding hydrogens is 560 g/mol. The van der Waals surface area contributed by atoms with Gasteiger partial charge in [0, 0.05) is 40.5 Å². The van der Waals surface area contributed by atoms with Crippen molar-refractivity contribution in [3.63, 3.8) is 0 Å². The lowest BCUT2D eigenvalue weighted by atomic mass is 9.99. The summed E-state index contributed by atoms with van der Waals surface area (Å²) < 4.78 is 6.15. The van der Waals surface area contributed by atoms with Crippen molar-refractivity contribution in [1.29, 1.82) is 0 Å². The SMILES string of the molecule is COC(=O)Nc1ccc2c(c1)NC(=O)CC=CC[C@H](NC(=O)C=Cc1cc(Cl)ccc1-n1cnnn1)c1cc-2ccn1. The molecule has 13 heteroatoms. The highest BCUT2D eigenvalue weighted by Gasteiger charge is 2.18. The molecule has 0 radical (unpaired) electrons.